The van der Waals surface area contributed by atoms with E-state index in [1.54, 1.807) is 0 Å². The summed E-state index contributed by atoms with van der Waals surface area (Å²) in [4.78, 5) is 2.67. The van der Waals surface area contributed by atoms with Crippen LogP contribution in [0.2, 0.25) is 0 Å². The minimum Gasteiger partial charge on any atom is -0.215 e. The van der Waals surface area contributed by atoms with Crippen molar-refractivity contribution in [3.8, 4) is 16.9 Å². The molecule has 5 aromatic rings. The highest BCUT2D eigenvalue weighted by molar-refractivity contribution is 7.99. The highest BCUT2D eigenvalue weighted by atomic mass is 32.2. The third-order valence-corrected chi connectivity index (χ3v) is 8.61. The van der Waals surface area contributed by atoms with Gasteiger partial charge in [0, 0.05) is 12.1 Å². The van der Waals surface area contributed by atoms with E-state index in [4.69, 9.17) is 0 Å². The van der Waals surface area contributed by atoms with Crippen molar-refractivity contribution in [3.63, 3.8) is 0 Å². The number of para-hydroxylation sites is 2. The number of aromatic nitrogens is 3. The summed E-state index contributed by atoms with van der Waals surface area (Å²) in [5.41, 5.74) is 8.83. The van der Waals surface area contributed by atoms with Gasteiger partial charge in [0.25, 0.3) is 0 Å². The van der Waals surface area contributed by atoms with E-state index in [1.807, 2.05) is 11.8 Å². The van der Waals surface area contributed by atoms with Crippen LogP contribution in [0.3, 0.4) is 0 Å². The summed E-state index contributed by atoms with van der Waals surface area (Å²) in [7, 11) is 0. The molecule has 0 amide bonds. The molecule has 3 aromatic carbocycles. The Balaban J connectivity index is 1.71. The second-order valence-corrected chi connectivity index (χ2v) is 11.3. The lowest BCUT2D eigenvalue weighted by molar-refractivity contribution is -0.734. The maximum atomic E-state index is 2.60. The van der Waals surface area contributed by atoms with Crippen LogP contribution >= 0.6 is 11.8 Å². The van der Waals surface area contributed by atoms with Crippen LogP contribution in [0.1, 0.15) is 37.7 Å². The Bertz CT molecular complexity index is 1640. The molecule has 158 valence electrons. The van der Waals surface area contributed by atoms with Gasteiger partial charge in [0.15, 0.2) is 22.9 Å². The molecule has 0 fully saturated rings. The Morgan fingerprint density at radius 2 is 1.55 bits per heavy atom. The number of rotatable bonds is 0. The van der Waals surface area contributed by atoms with Crippen molar-refractivity contribution < 1.29 is 9.13 Å². The number of hydrogen-bond acceptors (Lipinski definition) is 1. The summed E-state index contributed by atoms with van der Waals surface area (Å²) in [6, 6.07) is 29.3. The van der Waals surface area contributed by atoms with Gasteiger partial charge in [-0.15, -0.1) is 0 Å². The molecule has 3 aliphatic heterocycles. The fourth-order valence-corrected chi connectivity index (χ4v) is 7.64. The van der Waals surface area contributed by atoms with E-state index >= 15 is 0 Å². The molecule has 3 nitrogen and oxygen atoms in total. The van der Waals surface area contributed by atoms with E-state index in [-0.39, 0.29) is 5.54 Å². The van der Waals surface area contributed by atoms with Gasteiger partial charge in [0.1, 0.15) is 5.54 Å². The Labute approximate surface area is 196 Å². The summed E-state index contributed by atoms with van der Waals surface area (Å²) in [6.45, 7) is 7.00. The minimum atomic E-state index is -0.410. The standard InChI is InChI=1S/C29H23N3S/c1-28(2,3)32-22-14-9-16-24-26(22)31-25-20(12-8-15-23(25)33-24)29(27(31)32)19-11-5-4-10-18(19)21-13-6-7-17-30(21)29/h4-17H,1-3H3/q+2. The number of benzene rings is 3. The first-order valence-electron chi connectivity index (χ1n) is 11.6. The van der Waals surface area contributed by atoms with Crippen molar-refractivity contribution in [2.24, 2.45) is 0 Å². The maximum absolute atomic E-state index is 2.60. The molecule has 0 saturated heterocycles. The summed E-state index contributed by atoms with van der Waals surface area (Å²) < 4.78 is 7.71. The number of pyridine rings is 1. The van der Waals surface area contributed by atoms with Crippen molar-refractivity contribution in [3.05, 3.63) is 102 Å². The third kappa shape index (κ3) is 1.85. The van der Waals surface area contributed by atoms with Gasteiger partial charge in [0.2, 0.25) is 5.69 Å². The molecule has 1 unspecified atom stereocenters. The minimum absolute atomic E-state index is 0.0886. The number of nitrogens with zero attached hydrogens (tertiary/aromatic N) is 3. The zero-order valence-corrected chi connectivity index (χ0v) is 19.6. The summed E-state index contributed by atoms with van der Waals surface area (Å²) in [6.07, 6.45) is 2.28. The normalized spacial score (nSPS) is 18.8. The Kier molecular flexibility index (Phi) is 3.06. The fourth-order valence-electron chi connectivity index (χ4n) is 6.51. The molecule has 3 aliphatic rings. The Hall–Kier alpha value is -3.37. The van der Waals surface area contributed by atoms with E-state index in [0.29, 0.717) is 0 Å². The molecule has 0 saturated carbocycles. The molecule has 8 rings (SSSR count). The molecule has 0 aliphatic carbocycles. The quantitative estimate of drug-likeness (QED) is 0.279. The average molecular weight is 446 g/mol. The Morgan fingerprint density at radius 3 is 2.42 bits per heavy atom. The zero-order valence-electron chi connectivity index (χ0n) is 18.8. The van der Waals surface area contributed by atoms with Crippen LogP contribution in [0.15, 0.2) is 94.9 Å². The summed E-state index contributed by atoms with van der Waals surface area (Å²) >= 11 is 1.91. The SMILES string of the molecule is CC(C)(C)n1c2[n+]3c4c(cccc41)Sc1cccc(c1-3)C21c2ccccc2-c2cccc[n+]21. The molecule has 2 aromatic heterocycles. The monoisotopic (exact) mass is 445 g/mol. The highest BCUT2D eigenvalue weighted by Gasteiger charge is 2.69. The van der Waals surface area contributed by atoms with Crippen molar-refractivity contribution in [2.75, 3.05) is 0 Å². The molecular formula is C29H23N3S+2. The molecule has 0 bridgehead atoms. The van der Waals surface area contributed by atoms with Gasteiger partial charge in [-0.25, -0.2) is 4.57 Å². The second-order valence-electron chi connectivity index (χ2n) is 10.3. The van der Waals surface area contributed by atoms with Crippen LogP contribution in [0, 0.1) is 0 Å². The van der Waals surface area contributed by atoms with Gasteiger partial charge in [-0.1, -0.05) is 42.1 Å². The average Bonchev–Trinajstić information content (AvgIpc) is 3.42. The topological polar surface area (TPSA) is 12.7 Å². The molecule has 33 heavy (non-hydrogen) atoms. The first kappa shape index (κ1) is 18.1. The van der Waals surface area contributed by atoms with E-state index < -0.39 is 5.54 Å². The van der Waals surface area contributed by atoms with Gasteiger partial charge in [-0.2, -0.15) is 9.13 Å². The van der Waals surface area contributed by atoms with E-state index in [0.717, 1.165) is 0 Å². The first-order valence-corrected chi connectivity index (χ1v) is 12.4. The smallest absolute Gasteiger partial charge is 0.215 e. The molecule has 0 N–H and O–H groups in total. The van der Waals surface area contributed by atoms with Crippen molar-refractivity contribution in [2.45, 2.75) is 41.6 Å². The van der Waals surface area contributed by atoms with Crippen LogP contribution in [-0.2, 0) is 11.1 Å². The zero-order chi connectivity index (χ0) is 22.1. The molecule has 1 spiro atoms. The van der Waals surface area contributed by atoms with Gasteiger partial charge in [-0.3, -0.25) is 0 Å². The first-order chi connectivity index (χ1) is 16.0. The van der Waals surface area contributed by atoms with Gasteiger partial charge in [-0.05, 0) is 57.2 Å². The molecular weight excluding hydrogens is 422 g/mol. The lowest BCUT2D eigenvalue weighted by Gasteiger charge is -2.24. The highest BCUT2D eigenvalue weighted by Crippen LogP contribution is 2.55. The third-order valence-electron chi connectivity index (χ3n) is 7.51. The summed E-state index contributed by atoms with van der Waals surface area (Å²) in [5.74, 6) is 1.34. The van der Waals surface area contributed by atoms with E-state index in [2.05, 4.69) is 120 Å². The maximum Gasteiger partial charge on any atom is 0.347 e. The van der Waals surface area contributed by atoms with Crippen LogP contribution in [0.25, 0.3) is 28.0 Å². The lowest BCUT2D eigenvalue weighted by Crippen LogP contribution is -2.58. The largest absolute Gasteiger partial charge is 0.347 e. The van der Waals surface area contributed by atoms with Gasteiger partial charge < -0.3 is 0 Å². The van der Waals surface area contributed by atoms with Crippen LogP contribution in [0.4, 0.5) is 0 Å². The molecule has 0 radical (unpaired) electrons. The van der Waals surface area contributed by atoms with Gasteiger partial charge in [0.05, 0.1) is 26.5 Å². The lowest BCUT2D eigenvalue weighted by atomic mass is 9.82. The molecule has 1 atom stereocenters. The summed E-state index contributed by atoms with van der Waals surface area (Å²) in [5, 5.41) is 0. The predicted molar refractivity (Wildman–Crippen MR) is 130 cm³/mol. The van der Waals surface area contributed by atoms with Crippen LogP contribution < -0.4 is 9.13 Å². The van der Waals surface area contributed by atoms with E-state index in [9.17, 15) is 0 Å². The van der Waals surface area contributed by atoms with Crippen molar-refractivity contribution in [1.29, 1.82) is 0 Å². The van der Waals surface area contributed by atoms with E-state index in [1.165, 1.54) is 54.7 Å². The Morgan fingerprint density at radius 1 is 0.788 bits per heavy atom. The fraction of sp³-hybridized carbons (Fsp3) is 0.172. The number of imidazole rings is 1. The van der Waals surface area contributed by atoms with Crippen molar-refractivity contribution in [1.82, 2.24) is 4.57 Å². The van der Waals surface area contributed by atoms with Crippen molar-refractivity contribution >= 4 is 22.8 Å². The number of fused-ring (bicyclic) bond motifs is 7. The molecule has 5 heterocycles. The molecule has 4 heteroatoms. The van der Waals surface area contributed by atoms with Crippen LogP contribution in [0.5, 0.6) is 0 Å². The van der Waals surface area contributed by atoms with Crippen LogP contribution in [-0.4, -0.2) is 4.57 Å². The number of hydrogen-bond donors (Lipinski definition) is 0. The van der Waals surface area contributed by atoms with Gasteiger partial charge >= 0.3 is 11.4 Å². The predicted octanol–water partition coefficient (Wildman–Crippen LogP) is 5.56. The second kappa shape index (κ2) is 5.57.